The fraction of sp³-hybridized carbons (Fsp3) is 0.684. The Bertz CT molecular complexity index is 662. The maximum Gasteiger partial charge on any atom is 0.251 e. The first-order valence-electron chi connectivity index (χ1n) is 9.50. The van der Waals surface area contributed by atoms with Crippen molar-refractivity contribution in [3.8, 4) is 0 Å². The topological polar surface area (TPSA) is 84.4 Å². The van der Waals surface area contributed by atoms with Crippen LogP contribution in [0.5, 0.6) is 0 Å². The first-order valence-corrected chi connectivity index (χ1v) is 9.50. The van der Waals surface area contributed by atoms with Crippen molar-refractivity contribution in [2.75, 3.05) is 26.2 Å². The van der Waals surface area contributed by atoms with Gasteiger partial charge in [-0.15, -0.1) is 0 Å². The summed E-state index contributed by atoms with van der Waals surface area (Å²) in [5, 5.41) is 2.81. The predicted molar refractivity (Wildman–Crippen MR) is 96.8 cm³/mol. The van der Waals surface area contributed by atoms with Crippen LogP contribution in [-0.2, 0) is 20.7 Å². The van der Waals surface area contributed by atoms with Crippen molar-refractivity contribution in [1.29, 1.82) is 0 Å². The lowest BCUT2D eigenvalue weighted by atomic mass is 10.0. The van der Waals surface area contributed by atoms with Gasteiger partial charge >= 0.3 is 0 Å². The number of aromatic nitrogens is 2. The average molecular weight is 360 g/mol. The Labute approximate surface area is 154 Å². The van der Waals surface area contributed by atoms with Crippen LogP contribution in [0.4, 0.5) is 0 Å². The molecule has 0 spiro atoms. The second-order valence-corrected chi connectivity index (χ2v) is 7.13. The molecule has 1 aromatic rings. The van der Waals surface area contributed by atoms with Gasteiger partial charge in [0, 0.05) is 49.1 Å². The summed E-state index contributed by atoms with van der Waals surface area (Å²) < 4.78 is 5.52. The molecule has 7 heteroatoms. The highest BCUT2D eigenvalue weighted by molar-refractivity contribution is 5.81. The van der Waals surface area contributed by atoms with Crippen LogP contribution in [0.1, 0.15) is 54.9 Å². The van der Waals surface area contributed by atoms with Crippen LogP contribution in [0.2, 0.25) is 0 Å². The van der Waals surface area contributed by atoms with E-state index < -0.39 is 0 Å². The van der Waals surface area contributed by atoms with E-state index in [0.717, 1.165) is 48.6 Å². The van der Waals surface area contributed by atoms with Crippen molar-refractivity contribution in [2.45, 2.75) is 58.5 Å². The highest BCUT2D eigenvalue weighted by atomic mass is 16.5. The van der Waals surface area contributed by atoms with Crippen LogP contribution in [0.25, 0.3) is 0 Å². The molecule has 0 unspecified atom stereocenters. The fourth-order valence-corrected chi connectivity index (χ4v) is 3.77. The minimum atomic E-state index is -0.266. The number of carbonyl (C=O) groups excluding carboxylic acids is 2. The molecule has 0 radical (unpaired) electrons. The molecule has 1 aromatic heterocycles. The van der Waals surface area contributed by atoms with Crippen LogP contribution in [0, 0.1) is 13.8 Å². The molecular formula is C19H28N4O3. The fourth-order valence-electron chi connectivity index (χ4n) is 3.77. The van der Waals surface area contributed by atoms with Crippen LogP contribution >= 0.6 is 0 Å². The van der Waals surface area contributed by atoms with Crippen molar-refractivity contribution in [3.05, 3.63) is 22.8 Å². The Balaban J connectivity index is 1.68. The number of nitrogens with zero attached hydrogens (tertiary/aromatic N) is 3. The highest BCUT2D eigenvalue weighted by Gasteiger charge is 2.34. The zero-order chi connectivity index (χ0) is 18.7. The number of nitrogens with one attached hydrogen (secondary N) is 1. The van der Waals surface area contributed by atoms with Crippen LogP contribution in [0.3, 0.4) is 0 Å². The summed E-state index contributed by atoms with van der Waals surface area (Å²) in [6.45, 7) is 8.43. The Morgan fingerprint density at radius 1 is 1.23 bits per heavy atom. The maximum absolute atomic E-state index is 12.5. The maximum atomic E-state index is 12.5. The number of hydrogen-bond acceptors (Lipinski definition) is 5. The second-order valence-electron chi connectivity index (χ2n) is 7.13. The summed E-state index contributed by atoms with van der Waals surface area (Å²) in [6, 6.07) is 0. The minimum Gasteiger partial charge on any atom is -0.368 e. The van der Waals surface area contributed by atoms with Gasteiger partial charge < -0.3 is 15.0 Å². The van der Waals surface area contributed by atoms with Gasteiger partial charge in [-0.05, 0) is 40.0 Å². The summed E-state index contributed by atoms with van der Waals surface area (Å²) in [4.78, 5) is 35.6. The van der Waals surface area contributed by atoms with Gasteiger partial charge in [-0.2, -0.15) is 0 Å². The average Bonchev–Trinajstić information content (AvgIpc) is 3.29. The van der Waals surface area contributed by atoms with E-state index in [-0.39, 0.29) is 23.8 Å². The second kappa shape index (κ2) is 8.12. The van der Waals surface area contributed by atoms with Gasteiger partial charge in [-0.25, -0.2) is 9.97 Å². The lowest BCUT2D eigenvalue weighted by molar-refractivity contribution is -0.139. The van der Waals surface area contributed by atoms with Gasteiger partial charge in [0.25, 0.3) is 5.91 Å². The number of likely N-dealkylation sites (N-methyl/N-ethyl adjacent to an activating group) is 1. The third kappa shape index (κ3) is 4.03. The van der Waals surface area contributed by atoms with Crippen molar-refractivity contribution in [1.82, 2.24) is 20.2 Å². The number of aryl methyl sites for hydroxylation is 2. The Kier molecular flexibility index (Phi) is 5.86. The largest absolute Gasteiger partial charge is 0.368 e. The molecule has 2 amide bonds. The monoisotopic (exact) mass is 360 g/mol. The van der Waals surface area contributed by atoms with Crippen LogP contribution in [0.15, 0.2) is 0 Å². The number of likely N-dealkylation sites (tertiary alicyclic amines) is 1. The summed E-state index contributed by atoms with van der Waals surface area (Å²) in [7, 11) is 0. The van der Waals surface area contributed by atoms with E-state index in [1.165, 1.54) is 0 Å². The van der Waals surface area contributed by atoms with Gasteiger partial charge in [-0.3, -0.25) is 9.59 Å². The van der Waals surface area contributed by atoms with Gasteiger partial charge in [0.1, 0.15) is 11.9 Å². The van der Waals surface area contributed by atoms with Crippen molar-refractivity contribution < 1.29 is 14.3 Å². The van der Waals surface area contributed by atoms with Gasteiger partial charge in [-0.1, -0.05) is 0 Å². The van der Waals surface area contributed by atoms with Crippen LogP contribution in [-0.4, -0.2) is 59.0 Å². The lowest BCUT2D eigenvalue weighted by Gasteiger charge is -2.20. The Morgan fingerprint density at radius 2 is 1.96 bits per heavy atom. The molecule has 2 fully saturated rings. The summed E-state index contributed by atoms with van der Waals surface area (Å²) in [5.41, 5.74) is 2.59. The predicted octanol–water partition coefficient (Wildman–Crippen LogP) is 1.27. The molecule has 0 aromatic carbocycles. The van der Waals surface area contributed by atoms with E-state index in [0.29, 0.717) is 26.1 Å². The van der Waals surface area contributed by atoms with Crippen molar-refractivity contribution >= 4 is 11.8 Å². The molecule has 7 nitrogen and oxygen atoms in total. The van der Waals surface area contributed by atoms with Crippen molar-refractivity contribution in [3.63, 3.8) is 0 Å². The quantitative estimate of drug-likeness (QED) is 0.855. The van der Waals surface area contributed by atoms with E-state index in [4.69, 9.17) is 4.74 Å². The van der Waals surface area contributed by atoms with E-state index >= 15 is 0 Å². The van der Waals surface area contributed by atoms with Crippen molar-refractivity contribution in [2.24, 2.45) is 0 Å². The van der Waals surface area contributed by atoms with E-state index in [1.807, 2.05) is 25.7 Å². The van der Waals surface area contributed by atoms with E-state index in [2.05, 4.69) is 15.3 Å². The Hall–Kier alpha value is -2.02. The lowest BCUT2D eigenvalue weighted by Crippen LogP contribution is -2.37. The first kappa shape index (κ1) is 18.8. The number of ether oxygens (including phenoxy) is 1. The first-order chi connectivity index (χ1) is 12.5. The molecule has 0 aliphatic carbocycles. The molecule has 3 rings (SSSR count). The minimum absolute atomic E-state index is 0.00995. The van der Waals surface area contributed by atoms with Crippen LogP contribution < -0.4 is 5.32 Å². The number of carbonyl (C=O) groups is 2. The Morgan fingerprint density at radius 3 is 2.58 bits per heavy atom. The van der Waals surface area contributed by atoms with E-state index in [1.54, 1.807) is 0 Å². The molecule has 2 atom stereocenters. The van der Waals surface area contributed by atoms with E-state index in [9.17, 15) is 9.59 Å². The molecule has 3 heterocycles. The number of rotatable bonds is 5. The summed E-state index contributed by atoms with van der Waals surface area (Å²) in [6.07, 6.45) is 2.69. The van der Waals surface area contributed by atoms with Gasteiger partial charge in [0.05, 0.1) is 6.42 Å². The zero-order valence-electron chi connectivity index (χ0n) is 15.9. The molecular weight excluding hydrogens is 332 g/mol. The third-order valence-corrected chi connectivity index (χ3v) is 5.22. The summed E-state index contributed by atoms with van der Waals surface area (Å²) in [5.74, 6) is 1.02. The van der Waals surface area contributed by atoms with Gasteiger partial charge in [0.15, 0.2) is 0 Å². The zero-order valence-corrected chi connectivity index (χ0v) is 15.9. The third-order valence-electron chi connectivity index (χ3n) is 5.22. The SMILES string of the molecule is CCNC(=O)Cc1c(C)nc([C@H]2CCN(C(=O)[C@H]3CCCO3)C2)nc1C. The number of hydrogen-bond donors (Lipinski definition) is 1. The molecule has 2 saturated heterocycles. The normalized spacial score (nSPS) is 22.7. The molecule has 0 bridgehead atoms. The molecule has 0 saturated carbocycles. The molecule has 26 heavy (non-hydrogen) atoms. The summed E-state index contributed by atoms with van der Waals surface area (Å²) >= 11 is 0. The highest BCUT2D eigenvalue weighted by Crippen LogP contribution is 2.28. The molecule has 142 valence electrons. The number of amides is 2. The standard InChI is InChI=1S/C19H28N4O3/c1-4-20-17(24)10-15-12(2)21-18(22-13(15)3)14-7-8-23(11-14)19(25)16-6-5-9-26-16/h14,16H,4-11H2,1-3H3,(H,20,24)/t14-,16+/m0/s1. The molecule has 1 N–H and O–H groups in total. The molecule has 2 aliphatic heterocycles. The van der Waals surface area contributed by atoms with Gasteiger partial charge in [0.2, 0.25) is 5.91 Å². The molecule has 2 aliphatic rings. The smallest absolute Gasteiger partial charge is 0.251 e.